The lowest BCUT2D eigenvalue weighted by Crippen LogP contribution is -2.41. The minimum absolute atomic E-state index is 0.0510. The predicted octanol–water partition coefficient (Wildman–Crippen LogP) is 2.03. The Hall–Kier alpha value is -2.87. The fourth-order valence-electron chi connectivity index (χ4n) is 2.57. The molecule has 5 N–H and O–H groups in total. The van der Waals surface area contributed by atoms with Gasteiger partial charge in [-0.15, -0.1) is 10.2 Å². The largest absolute Gasteiger partial charge is 0.374 e. The van der Waals surface area contributed by atoms with Crippen molar-refractivity contribution in [3.63, 3.8) is 0 Å². The van der Waals surface area contributed by atoms with E-state index in [0.29, 0.717) is 17.4 Å². The van der Waals surface area contributed by atoms with Gasteiger partial charge in [0.15, 0.2) is 0 Å². The van der Waals surface area contributed by atoms with Crippen LogP contribution in [0, 0.1) is 0 Å². The number of carbonyl (C=O) groups excluding carboxylic acids is 1. The molecule has 0 fully saturated rings. The highest BCUT2D eigenvalue weighted by Crippen LogP contribution is 2.15. The Morgan fingerprint density at radius 1 is 1.08 bits per heavy atom. The van der Waals surface area contributed by atoms with Crippen molar-refractivity contribution in [3.05, 3.63) is 64.6 Å². The van der Waals surface area contributed by atoms with Gasteiger partial charge >= 0.3 is 0 Å². The number of hydrogen-bond acceptors (Lipinski definition) is 7. The van der Waals surface area contributed by atoms with Crippen LogP contribution in [0.1, 0.15) is 29.8 Å². The third-order valence-electron chi connectivity index (χ3n) is 3.86. The van der Waals surface area contributed by atoms with Crippen molar-refractivity contribution in [1.82, 2.24) is 26.4 Å². The van der Waals surface area contributed by atoms with Gasteiger partial charge in [-0.1, -0.05) is 41.7 Å². The van der Waals surface area contributed by atoms with Crippen LogP contribution in [-0.2, 0) is 17.6 Å². The number of unbranched alkanes of at least 4 members (excludes halogenated alkanes) is 1. The Balaban J connectivity index is 1.38. The topological polar surface area (TPSA) is 105 Å². The van der Waals surface area contributed by atoms with Crippen LogP contribution in [0.2, 0.25) is 0 Å². The number of anilines is 1. The lowest BCUT2D eigenvalue weighted by molar-refractivity contribution is -0.119. The fourth-order valence-corrected chi connectivity index (χ4v) is 3.22. The summed E-state index contributed by atoms with van der Waals surface area (Å²) in [5, 5.41) is 12.2. The van der Waals surface area contributed by atoms with Crippen molar-refractivity contribution < 1.29 is 4.79 Å². The van der Waals surface area contributed by atoms with Gasteiger partial charge in [0, 0.05) is 12.1 Å². The third-order valence-corrected chi connectivity index (χ3v) is 4.67. The minimum Gasteiger partial charge on any atom is -0.374 e. The van der Waals surface area contributed by atoms with E-state index < -0.39 is 0 Å². The molecule has 1 aromatic carbocycles. The summed E-state index contributed by atoms with van der Waals surface area (Å²) in [5.74, 6) is 0.601. The van der Waals surface area contributed by atoms with Crippen molar-refractivity contribution in [3.8, 4) is 0 Å². The van der Waals surface area contributed by atoms with Crippen molar-refractivity contribution >= 4 is 22.4 Å². The molecule has 0 bridgehead atoms. The molecule has 7 nitrogen and oxygen atoms in total. The molecular formula is C18H22N6OS. The van der Waals surface area contributed by atoms with Gasteiger partial charge in [-0.25, -0.2) is 0 Å². The van der Waals surface area contributed by atoms with Gasteiger partial charge in [0.1, 0.15) is 10.8 Å². The molecule has 2 heterocycles. The second kappa shape index (κ2) is 9.00. The molecular weight excluding hydrogens is 348 g/mol. The molecule has 3 rings (SSSR count). The van der Waals surface area contributed by atoms with E-state index in [2.05, 4.69) is 26.4 Å². The molecule has 1 aliphatic heterocycles. The maximum absolute atomic E-state index is 12.1. The first-order chi connectivity index (χ1) is 12.7. The smallest absolute Gasteiger partial charge is 0.229 e. The lowest BCUT2D eigenvalue weighted by Gasteiger charge is -2.20. The average molecular weight is 370 g/mol. The number of allylic oxidation sites excluding steroid dienone is 3. The van der Waals surface area contributed by atoms with Crippen LogP contribution in [0.15, 0.2) is 54.0 Å². The van der Waals surface area contributed by atoms with E-state index in [1.54, 1.807) is 0 Å². The molecule has 0 spiro atoms. The van der Waals surface area contributed by atoms with E-state index >= 15 is 0 Å². The van der Waals surface area contributed by atoms with Crippen LogP contribution in [-0.4, -0.2) is 16.1 Å². The van der Waals surface area contributed by atoms with Gasteiger partial charge in [0.05, 0.1) is 6.42 Å². The number of hydrogen-bond donors (Lipinski definition) is 4. The number of nitrogens with zero attached hydrogens (tertiary/aromatic N) is 2. The predicted molar refractivity (Wildman–Crippen MR) is 103 cm³/mol. The first-order valence-electron chi connectivity index (χ1n) is 8.53. The van der Waals surface area contributed by atoms with Crippen molar-refractivity contribution in [1.29, 1.82) is 0 Å². The number of rotatable bonds is 8. The monoisotopic (exact) mass is 370 g/mol. The van der Waals surface area contributed by atoms with E-state index in [4.69, 9.17) is 5.73 Å². The molecule has 1 amide bonds. The van der Waals surface area contributed by atoms with Crippen LogP contribution in [0.25, 0.3) is 0 Å². The van der Waals surface area contributed by atoms with E-state index in [1.807, 2.05) is 42.5 Å². The highest BCUT2D eigenvalue weighted by molar-refractivity contribution is 7.15. The third kappa shape index (κ3) is 5.59. The van der Waals surface area contributed by atoms with Gasteiger partial charge in [-0.3, -0.25) is 10.2 Å². The highest BCUT2D eigenvalue weighted by Gasteiger charge is 2.09. The molecule has 1 aromatic heterocycles. The highest BCUT2D eigenvalue weighted by atomic mass is 32.1. The Labute approximate surface area is 156 Å². The zero-order valence-electron chi connectivity index (χ0n) is 14.4. The molecule has 0 aliphatic carbocycles. The quantitative estimate of drug-likeness (QED) is 0.530. The van der Waals surface area contributed by atoms with Crippen LogP contribution < -0.4 is 21.9 Å². The summed E-state index contributed by atoms with van der Waals surface area (Å²) < 4.78 is 0. The fraction of sp³-hybridized carbons (Fsp3) is 0.278. The number of amides is 1. The van der Waals surface area contributed by atoms with Crippen LogP contribution in [0.5, 0.6) is 0 Å². The van der Waals surface area contributed by atoms with Gasteiger partial charge in [-0.05, 0) is 37.0 Å². The van der Waals surface area contributed by atoms with Gasteiger partial charge in [0.25, 0.3) is 0 Å². The molecule has 0 unspecified atom stereocenters. The normalized spacial score (nSPS) is 13.2. The summed E-state index contributed by atoms with van der Waals surface area (Å²) in [6.07, 6.45) is 8.08. The number of nitrogens with one attached hydrogen (secondary N) is 3. The van der Waals surface area contributed by atoms with Crippen molar-refractivity contribution in [2.45, 2.75) is 32.1 Å². The van der Waals surface area contributed by atoms with E-state index in [1.165, 1.54) is 11.3 Å². The molecule has 2 aromatic rings. The van der Waals surface area contributed by atoms with Crippen LogP contribution in [0.3, 0.4) is 0 Å². The van der Waals surface area contributed by atoms with E-state index in [0.717, 1.165) is 42.0 Å². The first-order valence-corrected chi connectivity index (χ1v) is 9.35. The number of aromatic nitrogens is 2. The van der Waals surface area contributed by atoms with E-state index in [9.17, 15) is 4.79 Å². The second-order valence-corrected chi connectivity index (χ2v) is 7.07. The Morgan fingerprint density at radius 2 is 1.88 bits per heavy atom. The summed E-state index contributed by atoms with van der Waals surface area (Å²) in [5.41, 5.74) is 13.8. The lowest BCUT2D eigenvalue weighted by atomic mass is 10.1. The summed E-state index contributed by atoms with van der Waals surface area (Å²) >= 11 is 1.44. The Kier molecular flexibility index (Phi) is 6.21. The molecule has 0 saturated heterocycles. The van der Waals surface area contributed by atoms with E-state index in [-0.39, 0.29) is 5.91 Å². The number of aryl methyl sites for hydroxylation is 1. The average Bonchev–Trinajstić information content (AvgIpc) is 3.06. The SMILES string of the molecule is Nc1nnc(CCCCC2=CC=C(NC(=O)Cc3ccccc3)NN2)s1. The molecule has 26 heavy (non-hydrogen) atoms. The first kappa shape index (κ1) is 17.9. The molecule has 0 saturated carbocycles. The minimum atomic E-state index is -0.0510. The van der Waals surface area contributed by atoms with Gasteiger partial charge in [0.2, 0.25) is 11.0 Å². The molecule has 0 atom stereocenters. The zero-order valence-corrected chi connectivity index (χ0v) is 15.2. The molecule has 0 radical (unpaired) electrons. The summed E-state index contributed by atoms with van der Waals surface area (Å²) in [7, 11) is 0. The van der Waals surface area contributed by atoms with Gasteiger partial charge in [-0.2, -0.15) is 0 Å². The summed E-state index contributed by atoms with van der Waals surface area (Å²) in [6, 6.07) is 9.67. The van der Waals surface area contributed by atoms with Crippen molar-refractivity contribution in [2.75, 3.05) is 5.73 Å². The number of nitrogen functional groups attached to an aromatic ring is 1. The Bertz CT molecular complexity index is 799. The number of carbonyl (C=O) groups is 1. The second-order valence-electron chi connectivity index (χ2n) is 5.97. The standard InChI is InChI=1S/C18H22N6OS/c19-18-24-23-17(26-18)9-5-4-8-14-10-11-15(22-21-14)20-16(25)12-13-6-2-1-3-7-13/h1-3,6-7,10-11,21-22H,4-5,8-9,12H2,(H2,19,24)(H,20,25). The maximum Gasteiger partial charge on any atom is 0.229 e. The van der Waals surface area contributed by atoms with Crippen LogP contribution >= 0.6 is 11.3 Å². The molecule has 136 valence electrons. The van der Waals surface area contributed by atoms with Crippen LogP contribution in [0.4, 0.5) is 5.13 Å². The maximum atomic E-state index is 12.1. The molecule has 1 aliphatic rings. The number of hydrazine groups is 1. The number of benzene rings is 1. The summed E-state index contributed by atoms with van der Waals surface area (Å²) in [6.45, 7) is 0. The zero-order chi connectivity index (χ0) is 18.2. The summed E-state index contributed by atoms with van der Waals surface area (Å²) in [4.78, 5) is 12.1. The Morgan fingerprint density at radius 3 is 2.58 bits per heavy atom. The number of nitrogens with two attached hydrogens (primary N) is 1. The van der Waals surface area contributed by atoms with Gasteiger partial charge < -0.3 is 16.5 Å². The molecule has 8 heteroatoms. The van der Waals surface area contributed by atoms with Crippen molar-refractivity contribution in [2.24, 2.45) is 0 Å².